The van der Waals surface area contributed by atoms with Crippen molar-refractivity contribution in [1.82, 2.24) is 25.3 Å². The van der Waals surface area contributed by atoms with E-state index >= 15 is 0 Å². The SMILES string of the molecule is COCCCNC(=S)Nc1nc(Sc2ncccn2)cc(N2CCc3ccccc3C2)n1. The first-order valence-electron chi connectivity index (χ1n) is 10.4. The van der Waals surface area contributed by atoms with E-state index in [0.29, 0.717) is 29.4 Å². The highest BCUT2D eigenvalue weighted by atomic mass is 32.2. The minimum absolute atomic E-state index is 0.448. The third kappa shape index (κ3) is 6.12. The van der Waals surface area contributed by atoms with Gasteiger partial charge in [0.25, 0.3) is 0 Å². The van der Waals surface area contributed by atoms with E-state index < -0.39 is 0 Å². The van der Waals surface area contributed by atoms with Gasteiger partial charge in [0, 0.05) is 51.8 Å². The first-order valence-corrected chi connectivity index (χ1v) is 11.6. The number of nitrogens with one attached hydrogen (secondary N) is 2. The Bertz CT molecular complexity index is 1050. The smallest absolute Gasteiger partial charge is 0.232 e. The summed E-state index contributed by atoms with van der Waals surface area (Å²) in [7, 11) is 1.69. The minimum atomic E-state index is 0.448. The molecule has 3 aromatic rings. The zero-order chi connectivity index (χ0) is 22.2. The van der Waals surface area contributed by atoms with Gasteiger partial charge in [-0.2, -0.15) is 4.98 Å². The molecule has 2 N–H and O–H groups in total. The van der Waals surface area contributed by atoms with Gasteiger partial charge >= 0.3 is 0 Å². The normalized spacial score (nSPS) is 12.8. The summed E-state index contributed by atoms with van der Waals surface area (Å²) in [5, 5.41) is 8.15. The summed E-state index contributed by atoms with van der Waals surface area (Å²) in [5.41, 5.74) is 2.72. The van der Waals surface area contributed by atoms with E-state index in [4.69, 9.17) is 21.9 Å². The average Bonchev–Trinajstić information content (AvgIpc) is 2.82. The van der Waals surface area contributed by atoms with Gasteiger partial charge in [-0.1, -0.05) is 24.3 Å². The van der Waals surface area contributed by atoms with Crippen LogP contribution in [0.5, 0.6) is 0 Å². The van der Waals surface area contributed by atoms with Crippen LogP contribution in [0.1, 0.15) is 17.5 Å². The molecule has 2 aromatic heterocycles. The van der Waals surface area contributed by atoms with Crippen molar-refractivity contribution in [2.75, 3.05) is 37.0 Å². The summed E-state index contributed by atoms with van der Waals surface area (Å²) in [4.78, 5) is 20.3. The third-order valence-corrected chi connectivity index (χ3v) is 5.98. The zero-order valence-electron chi connectivity index (χ0n) is 17.8. The molecule has 0 bridgehead atoms. The highest BCUT2D eigenvalue weighted by Crippen LogP contribution is 2.29. The summed E-state index contributed by atoms with van der Waals surface area (Å²) in [6.45, 7) is 3.08. The van der Waals surface area contributed by atoms with Gasteiger partial charge in [0.15, 0.2) is 10.3 Å². The van der Waals surface area contributed by atoms with Gasteiger partial charge in [0.2, 0.25) is 5.95 Å². The second kappa shape index (κ2) is 11.2. The lowest BCUT2D eigenvalue weighted by Gasteiger charge is -2.30. The Hall–Kier alpha value is -2.82. The van der Waals surface area contributed by atoms with Crippen LogP contribution in [0.25, 0.3) is 0 Å². The number of benzene rings is 1. The van der Waals surface area contributed by atoms with Crippen LogP contribution >= 0.6 is 24.0 Å². The van der Waals surface area contributed by atoms with Gasteiger partial charge in [0.1, 0.15) is 10.8 Å². The van der Waals surface area contributed by atoms with Gasteiger partial charge in [-0.25, -0.2) is 15.0 Å². The van der Waals surface area contributed by atoms with Crippen molar-refractivity contribution in [2.45, 2.75) is 29.6 Å². The number of rotatable bonds is 8. The fourth-order valence-corrected chi connectivity index (χ4v) is 4.27. The van der Waals surface area contributed by atoms with E-state index in [0.717, 1.165) is 36.8 Å². The van der Waals surface area contributed by atoms with Crippen LogP contribution in [0.3, 0.4) is 0 Å². The van der Waals surface area contributed by atoms with Crippen LogP contribution in [-0.2, 0) is 17.7 Å². The Kier molecular flexibility index (Phi) is 7.81. The molecule has 0 unspecified atom stereocenters. The molecule has 10 heteroatoms. The number of thiocarbonyl (C=S) groups is 1. The van der Waals surface area contributed by atoms with Crippen LogP contribution < -0.4 is 15.5 Å². The number of hydrogen-bond acceptors (Lipinski definition) is 8. The van der Waals surface area contributed by atoms with Gasteiger partial charge in [-0.3, -0.25) is 0 Å². The standard InChI is InChI=1S/C22H25N7OS2/c1-30-13-5-11-23-21(31)28-20-26-18(14-19(27-20)32-22-24-9-4-10-25-22)29-12-8-16-6-2-3-7-17(16)15-29/h2-4,6-7,9-10,14H,5,8,11-13,15H2,1H3,(H2,23,26,27,28,31). The molecule has 0 radical (unpaired) electrons. The Morgan fingerprint density at radius 1 is 1.16 bits per heavy atom. The van der Waals surface area contributed by atoms with Crippen molar-refractivity contribution in [2.24, 2.45) is 0 Å². The van der Waals surface area contributed by atoms with E-state index in [9.17, 15) is 0 Å². The molecule has 0 fully saturated rings. The molecule has 0 atom stereocenters. The van der Waals surface area contributed by atoms with E-state index in [1.54, 1.807) is 25.6 Å². The third-order valence-electron chi connectivity index (χ3n) is 4.92. The van der Waals surface area contributed by atoms with E-state index in [1.165, 1.54) is 22.9 Å². The molecule has 0 amide bonds. The zero-order valence-corrected chi connectivity index (χ0v) is 19.5. The molecule has 0 aliphatic carbocycles. The summed E-state index contributed by atoms with van der Waals surface area (Å²) in [6, 6.07) is 12.3. The summed E-state index contributed by atoms with van der Waals surface area (Å²) in [5.74, 6) is 1.29. The number of ether oxygens (including phenoxy) is 1. The van der Waals surface area contributed by atoms with Crippen molar-refractivity contribution in [3.63, 3.8) is 0 Å². The van der Waals surface area contributed by atoms with Crippen LogP contribution in [0, 0.1) is 0 Å². The maximum atomic E-state index is 5.42. The second-order valence-electron chi connectivity index (χ2n) is 7.19. The molecule has 166 valence electrons. The van der Waals surface area contributed by atoms with Crippen LogP contribution in [0.4, 0.5) is 11.8 Å². The van der Waals surface area contributed by atoms with Crippen molar-refractivity contribution >= 4 is 40.9 Å². The quantitative estimate of drug-likeness (QED) is 0.223. The first-order chi connectivity index (χ1) is 15.7. The molecule has 4 rings (SSSR count). The van der Waals surface area contributed by atoms with Gasteiger partial charge in [0.05, 0.1) is 0 Å². The van der Waals surface area contributed by atoms with E-state index in [1.807, 2.05) is 6.07 Å². The summed E-state index contributed by atoms with van der Waals surface area (Å²) < 4.78 is 5.07. The van der Waals surface area contributed by atoms with Gasteiger partial charge in [-0.15, -0.1) is 0 Å². The molecule has 0 saturated carbocycles. The van der Waals surface area contributed by atoms with Crippen LogP contribution in [0.2, 0.25) is 0 Å². The van der Waals surface area contributed by atoms with Gasteiger partial charge < -0.3 is 20.3 Å². The summed E-state index contributed by atoms with van der Waals surface area (Å²) in [6.07, 6.45) is 5.28. The van der Waals surface area contributed by atoms with Crippen molar-refractivity contribution < 1.29 is 4.74 Å². The number of hydrogen-bond donors (Lipinski definition) is 2. The fraction of sp³-hybridized carbons (Fsp3) is 0.318. The molecular weight excluding hydrogens is 442 g/mol. The second-order valence-corrected chi connectivity index (χ2v) is 8.58. The summed E-state index contributed by atoms with van der Waals surface area (Å²) >= 11 is 6.82. The lowest BCUT2D eigenvalue weighted by atomic mass is 10.00. The monoisotopic (exact) mass is 467 g/mol. The molecule has 1 aromatic carbocycles. The van der Waals surface area contributed by atoms with Crippen molar-refractivity contribution in [1.29, 1.82) is 0 Å². The first kappa shape index (κ1) is 22.4. The van der Waals surface area contributed by atoms with Crippen molar-refractivity contribution in [3.8, 4) is 0 Å². The van der Waals surface area contributed by atoms with Crippen molar-refractivity contribution in [3.05, 3.63) is 59.9 Å². The van der Waals surface area contributed by atoms with Crippen LogP contribution in [-0.4, -0.2) is 51.9 Å². The Morgan fingerprint density at radius 2 is 1.97 bits per heavy atom. The Morgan fingerprint density at radius 3 is 2.78 bits per heavy atom. The minimum Gasteiger partial charge on any atom is -0.385 e. The molecule has 1 aliphatic heterocycles. The maximum absolute atomic E-state index is 5.42. The molecule has 0 spiro atoms. The maximum Gasteiger partial charge on any atom is 0.232 e. The molecular formula is C22H25N7OS2. The van der Waals surface area contributed by atoms with Gasteiger partial charge in [-0.05, 0) is 54.0 Å². The molecule has 0 saturated heterocycles. The Balaban J connectivity index is 1.54. The van der Waals surface area contributed by atoms with E-state index in [-0.39, 0.29) is 0 Å². The highest BCUT2D eigenvalue weighted by molar-refractivity contribution is 7.99. The fourth-order valence-electron chi connectivity index (χ4n) is 3.37. The number of nitrogens with zero attached hydrogens (tertiary/aromatic N) is 5. The number of methoxy groups -OCH3 is 1. The predicted molar refractivity (Wildman–Crippen MR) is 130 cm³/mol. The molecule has 8 nitrogen and oxygen atoms in total. The number of fused-ring (bicyclic) bond motifs is 1. The average molecular weight is 468 g/mol. The molecule has 1 aliphatic rings. The predicted octanol–water partition coefficient (Wildman–Crippen LogP) is 3.30. The van der Waals surface area contributed by atoms with E-state index in [2.05, 4.69) is 54.8 Å². The topological polar surface area (TPSA) is 88.1 Å². The number of aromatic nitrogens is 4. The Labute approximate surface area is 197 Å². The lowest BCUT2D eigenvalue weighted by Crippen LogP contribution is -2.32. The number of anilines is 2. The van der Waals surface area contributed by atoms with Crippen LogP contribution in [0.15, 0.2) is 59.0 Å². The molecule has 32 heavy (non-hydrogen) atoms. The lowest BCUT2D eigenvalue weighted by molar-refractivity contribution is 0.196. The molecule has 3 heterocycles. The largest absolute Gasteiger partial charge is 0.385 e. The highest BCUT2D eigenvalue weighted by Gasteiger charge is 2.19.